The van der Waals surface area contributed by atoms with Crippen LogP contribution in [-0.2, 0) is 14.9 Å². The quantitative estimate of drug-likeness (QED) is 0.729. The molecule has 0 unspecified atom stereocenters. The fourth-order valence-electron chi connectivity index (χ4n) is 1.73. The molecule has 1 amide bonds. The summed E-state index contributed by atoms with van der Waals surface area (Å²) in [5, 5.41) is 3.11. The van der Waals surface area contributed by atoms with Crippen molar-refractivity contribution in [2.45, 2.75) is 26.3 Å². The van der Waals surface area contributed by atoms with Crippen molar-refractivity contribution >= 4 is 16.3 Å². The molecule has 100 valence electrons. The molecule has 1 saturated heterocycles. The van der Waals surface area contributed by atoms with Gasteiger partial charge in [0.05, 0.1) is 6.61 Å². The summed E-state index contributed by atoms with van der Waals surface area (Å²) in [5.74, 6) is 0. The predicted molar refractivity (Wildman–Crippen MR) is 62.7 cm³/mol. The molecule has 1 rings (SSSR count). The molecule has 1 aliphatic heterocycles. The van der Waals surface area contributed by atoms with Crippen LogP contribution < -0.4 is 10.0 Å². The summed E-state index contributed by atoms with van der Waals surface area (Å²) in [6, 6.07) is 0. The van der Waals surface area contributed by atoms with Crippen LogP contribution in [0.15, 0.2) is 0 Å². The molecule has 2 N–H and O–H groups in total. The Bertz CT molecular complexity index is 380. The van der Waals surface area contributed by atoms with Crippen LogP contribution >= 0.6 is 0 Å². The van der Waals surface area contributed by atoms with E-state index in [0.717, 1.165) is 0 Å². The zero-order chi connectivity index (χ0) is 13.1. The number of hydrogen-bond acceptors (Lipinski definition) is 5. The third-order valence-corrected chi connectivity index (χ3v) is 4.18. The van der Waals surface area contributed by atoms with E-state index in [0.29, 0.717) is 19.6 Å². The molecule has 8 heteroatoms. The van der Waals surface area contributed by atoms with Gasteiger partial charge in [-0.3, -0.25) is 0 Å². The molecule has 0 spiro atoms. The minimum atomic E-state index is -3.84. The summed E-state index contributed by atoms with van der Waals surface area (Å²) in [6.45, 7) is 6.76. The van der Waals surface area contributed by atoms with Gasteiger partial charge in [0.2, 0.25) is 0 Å². The topological polar surface area (TPSA) is 87.7 Å². The molecule has 0 radical (unpaired) electrons. The third-order valence-electron chi connectivity index (χ3n) is 2.50. The normalized spacial score (nSPS) is 20.9. The molecule has 0 bridgehead atoms. The Hall–Kier alpha value is -0.860. The van der Waals surface area contributed by atoms with E-state index < -0.39 is 21.8 Å². The monoisotopic (exact) mass is 265 g/mol. The summed E-state index contributed by atoms with van der Waals surface area (Å²) >= 11 is 0. The van der Waals surface area contributed by atoms with E-state index in [1.807, 2.05) is 4.72 Å². The van der Waals surface area contributed by atoms with Crippen molar-refractivity contribution in [2.24, 2.45) is 0 Å². The smallest absolute Gasteiger partial charge is 0.421 e. The van der Waals surface area contributed by atoms with E-state index in [2.05, 4.69) is 10.1 Å². The van der Waals surface area contributed by atoms with Crippen molar-refractivity contribution in [2.75, 3.05) is 26.2 Å². The molecule has 0 aliphatic carbocycles. The predicted octanol–water partition coefficient (Wildman–Crippen LogP) is -0.339. The highest BCUT2D eigenvalue weighted by Gasteiger charge is 2.39. The van der Waals surface area contributed by atoms with E-state index in [9.17, 15) is 13.2 Å². The number of rotatable bonds is 3. The first-order valence-electron chi connectivity index (χ1n) is 5.47. The summed E-state index contributed by atoms with van der Waals surface area (Å²) in [6.07, 6.45) is -0.943. The number of carbonyl (C=O) groups excluding carboxylic acids is 1. The Morgan fingerprint density at radius 1 is 1.53 bits per heavy atom. The summed E-state index contributed by atoms with van der Waals surface area (Å²) < 4.78 is 31.7. The number of hydrogen-bond donors (Lipinski definition) is 2. The van der Waals surface area contributed by atoms with Crippen LogP contribution in [-0.4, -0.2) is 50.6 Å². The fraction of sp³-hybridized carbons (Fsp3) is 0.889. The average molecular weight is 265 g/mol. The minimum Gasteiger partial charge on any atom is -0.449 e. The van der Waals surface area contributed by atoms with Crippen LogP contribution in [0, 0.1) is 0 Å². The van der Waals surface area contributed by atoms with Crippen LogP contribution in [0.1, 0.15) is 20.8 Å². The molecule has 0 aromatic heterocycles. The highest BCUT2D eigenvalue weighted by Crippen LogP contribution is 2.19. The second-order valence-electron chi connectivity index (χ2n) is 4.39. The lowest BCUT2D eigenvalue weighted by Gasteiger charge is -2.40. The number of piperazine rings is 1. The summed E-state index contributed by atoms with van der Waals surface area (Å²) in [4.78, 5) is 11.2. The average Bonchev–Trinajstić information content (AvgIpc) is 2.15. The largest absolute Gasteiger partial charge is 0.449 e. The van der Waals surface area contributed by atoms with Gasteiger partial charge < -0.3 is 10.1 Å². The molecular weight excluding hydrogens is 246 g/mol. The SMILES string of the molecule is CCOC(=O)NS(=O)(=O)N1CCNCC1(C)C. The van der Waals surface area contributed by atoms with Gasteiger partial charge in [0.15, 0.2) is 0 Å². The number of carbonyl (C=O) groups is 1. The second-order valence-corrected chi connectivity index (χ2v) is 5.98. The van der Waals surface area contributed by atoms with Crippen LogP contribution in [0.5, 0.6) is 0 Å². The molecule has 0 atom stereocenters. The zero-order valence-corrected chi connectivity index (χ0v) is 11.1. The number of nitrogens with one attached hydrogen (secondary N) is 2. The highest BCUT2D eigenvalue weighted by molar-refractivity contribution is 7.87. The van der Waals surface area contributed by atoms with E-state index in [1.165, 1.54) is 4.31 Å². The van der Waals surface area contributed by atoms with E-state index in [-0.39, 0.29) is 6.61 Å². The molecule has 0 aromatic carbocycles. The lowest BCUT2D eigenvalue weighted by molar-refractivity contribution is 0.154. The standard InChI is InChI=1S/C9H19N3O4S/c1-4-16-8(13)11-17(14,15)12-6-5-10-7-9(12,2)3/h10H,4-7H2,1-3H3,(H,11,13). The minimum absolute atomic E-state index is 0.131. The van der Waals surface area contributed by atoms with Gasteiger partial charge in [-0.1, -0.05) is 0 Å². The maximum absolute atomic E-state index is 12.0. The van der Waals surface area contributed by atoms with Crippen molar-refractivity contribution in [1.82, 2.24) is 14.3 Å². The molecule has 1 fully saturated rings. The first kappa shape index (κ1) is 14.2. The lowest BCUT2D eigenvalue weighted by Crippen LogP contribution is -2.62. The maximum atomic E-state index is 12.0. The third kappa shape index (κ3) is 3.55. The Labute approximate surface area is 102 Å². The number of amides is 1. The molecular formula is C9H19N3O4S. The Balaban J connectivity index is 2.78. The molecule has 7 nitrogen and oxygen atoms in total. The second kappa shape index (κ2) is 5.19. The van der Waals surface area contributed by atoms with Gasteiger partial charge in [-0.05, 0) is 20.8 Å². The molecule has 1 aliphatic rings. The van der Waals surface area contributed by atoms with Crippen molar-refractivity contribution < 1.29 is 17.9 Å². The van der Waals surface area contributed by atoms with Crippen molar-refractivity contribution in [3.8, 4) is 0 Å². The van der Waals surface area contributed by atoms with Crippen LogP contribution in [0.3, 0.4) is 0 Å². The fourth-order valence-corrected chi connectivity index (χ4v) is 3.16. The van der Waals surface area contributed by atoms with Gasteiger partial charge in [-0.25, -0.2) is 9.52 Å². The lowest BCUT2D eigenvalue weighted by atomic mass is 10.0. The summed E-state index contributed by atoms with van der Waals surface area (Å²) in [5.41, 5.74) is -0.573. The molecule has 17 heavy (non-hydrogen) atoms. The molecule has 1 heterocycles. The number of nitrogens with zero attached hydrogens (tertiary/aromatic N) is 1. The first-order chi connectivity index (χ1) is 7.79. The Morgan fingerprint density at radius 3 is 2.71 bits per heavy atom. The zero-order valence-electron chi connectivity index (χ0n) is 10.3. The van der Waals surface area contributed by atoms with Gasteiger partial charge in [0, 0.05) is 25.2 Å². The molecule has 0 aromatic rings. The van der Waals surface area contributed by atoms with E-state index in [4.69, 9.17) is 0 Å². The van der Waals surface area contributed by atoms with Gasteiger partial charge in [0.25, 0.3) is 0 Å². The Kier molecular flexibility index (Phi) is 4.34. The van der Waals surface area contributed by atoms with Crippen molar-refractivity contribution in [3.05, 3.63) is 0 Å². The van der Waals surface area contributed by atoms with E-state index >= 15 is 0 Å². The van der Waals surface area contributed by atoms with Crippen molar-refractivity contribution in [3.63, 3.8) is 0 Å². The van der Waals surface area contributed by atoms with E-state index in [1.54, 1.807) is 20.8 Å². The van der Waals surface area contributed by atoms with Gasteiger partial charge >= 0.3 is 16.3 Å². The van der Waals surface area contributed by atoms with Gasteiger partial charge in [0.1, 0.15) is 0 Å². The number of ether oxygens (including phenoxy) is 1. The summed E-state index contributed by atoms with van der Waals surface area (Å²) in [7, 11) is -3.84. The Morgan fingerprint density at radius 2 is 2.18 bits per heavy atom. The van der Waals surface area contributed by atoms with Crippen molar-refractivity contribution in [1.29, 1.82) is 0 Å². The first-order valence-corrected chi connectivity index (χ1v) is 6.91. The van der Waals surface area contributed by atoms with Crippen LogP contribution in [0.2, 0.25) is 0 Å². The van der Waals surface area contributed by atoms with Crippen LogP contribution in [0.25, 0.3) is 0 Å². The van der Waals surface area contributed by atoms with Gasteiger partial charge in [-0.2, -0.15) is 12.7 Å². The molecule has 0 saturated carbocycles. The highest BCUT2D eigenvalue weighted by atomic mass is 32.2. The maximum Gasteiger partial charge on any atom is 0.421 e. The van der Waals surface area contributed by atoms with Crippen LogP contribution in [0.4, 0.5) is 4.79 Å². The van der Waals surface area contributed by atoms with Gasteiger partial charge in [-0.15, -0.1) is 0 Å².